The lowest BCUT2D eigenvalue weighted by atomic mass is 10.1. The van der Waals surface area contributed by atoms with Crippen LogP contribution in [-0.2, 0) is 9.53 Å². The van der Waals surface area contributed by atoms with E-state index in [1.165, 1.54) is 13.8 Å². The molecule has 0 aliphatic rings. The zero-order valence-corrected chi connectivity index (χ0v) is 16.0. The molecule has 0 aliphatic heterocycles. The molecule has 1 aromatic carbocycles. The van der Waals surface area contributed by atoms with Crippen molar-refractivity contribution in [3.63, 3.8) is 0 Å². The molecule has 0 spiro atoms. The molecule has 2 atom stereocenters. The van der Waals surface area contributed by atoms with E-state index in [0.717, 1.165) is 0 Å². The summed E-state index contributed by atoms with van der Waals surface area (Å²) < 4.78 is 5.24. The molecule has 27 heavy (non-hydrogen) atoms. The normalized spacial score (nSPS) is 13.0. The Labute approximate surface area is 157 Å². The molecule has 0 saturated heterocycles. The van der Waals surface area contributed by atoms with Crippen LogP contribution in [0.2, 0.25) is 0 Å². The number of hydrogen-bond donors (Lipinski definition) is 3. The van der Waals surface area contributed by atoms with Gasteiger partial charge in [0, 0.05) is 22.5 Å². The van der Waals surface area contributed by atoms with Crippen LogP contribution in [0.4, 0.5) is 5.69 Å². The highest BCUT2D eigenvalue weighted by molar-refractivity contribution is 5.98. The minimum Gasteiger partial charge on any atom is -0.448 e. The van der Waals surface area contributed by atoms with Crippen molar-refractivity contribution in [2.45, 2.75) is 46.8 Å². The number of nitrogens with one attached hydrogen (secondary N) is 2. The smallest absolute Gasteiger partial charge is 0.355 e. The number of amides is 1. The number of ether oxygens (including phenoxy) is 1. The molecule has 144 valence electrons. The maximum Gasteiger partial charge on any atom is 0.355 e. The van der Waals surface area contributed by atoms with Crippen LogP contribution in [0.15, 0.2) is 24.3 Å². The van der Waals surface area contributed by atoms with Gasteiger partial charge in [-0.3, -0.25) is 9.59 Å². The van der Waals surface area contributed by atoms with Crippen LogP contribution in [0, 0.1) is 13.8 Å². The van der Waals surface area contributed by atoms with Gasteiger partial charge in [0.25, 0.3) is 5.91 Å². The number of carbonyl (C=O) groups is 3. The molecule has 0 fully saturated rings. The summed E-state index contributed by atoms with van der Waals surface area (Å²) in [4.78, 5) is 38.8. The average Bonchev–Trinajstić information content (AvgIpc) is 2.89. The van der Waals surface area contributed by atoms with Gasteiger partial charge in [0.05, 0.1) is 6.10 Å². The molecule has 7 nitrogen and oxygen atoms in total. The van der Waals surface area contributed by atoms with E-state index in [1.54, 1.807) is 45.0 Å². The number of aliphatic hydroxyl groups excluding tert-OH is 1. The van der Waals surface area contributed by atoms with Crippen LogP contribution in [0.3, 0.4) is 0 Å². The maximum absolute atomic E-state index is 12.4. The van der Waals surface area contributed by atoms with Gasteiger partial charge in [-0.2, -0.15) is 0 Å². The summed E-state index contributed by atoms with van der Waals surface area (Å²) in [6.07, 6.45) is -1.75. The topological polar surface area (TPSA) is 108 Å². The molecular formula is C20H24N2O5. The van der Waals surface area contributed by atoms with Crippen molar-refractivity contribution in [1.82, 2.24) is 4.98 Å². The standard InChI is InChI=1S/C20H24N2O5/c1-10-17(13(4)24)11(2)21-18(10)20(26)27-14(5)19(25)22-16-8-6-15(7-9-16)12(3)23/h6-9,13-14,21,24H,1-5H3,(H,22,25)/t13-,14+/m0/s1. The number of Topliss-reactive ketones (excluding diaryl/α,β-unsaturated/α-hetero) is 1. The number of aromatic amines is 1. The van der Waals surface area contributed by atoms with Gasteiger partial charge in [-0.1, -0.05) is 0 Å². The Morgan fingerprint density at radius 3 is 2.19 bits per heavy atom. The zero-order chi connectivity index (χ0) is 20.3. The van der Waals surface area contributed by atoms with E-state index in [4.69, 9.17) is 4.74 Å². The molecule has 3 N–H and O–H groups in total. The van der Waals surface area contributed by atoms with Crippen molar-refractivity contribution in [2.75, 3.05) is 5.32 Å². The van der Waals surface area contributed by atoms with Crippen LogP contribution >= 0.6 is 0 Å². The molecule has 0 unspecified atom stereocenters. The lowest BCUT2D eigenvalue weighted by molar-refractivity contribution is -0.123. The van der Waals surface area contributed by atoms with Gasteiger partial charge in [-0.25, -0.2) is 4.79 Å². The largest absolute Gasteiger partial charge is 0.448 e. The molecule has 0 aliphatic carbocycles. The predicted molar refractivity (Wildman–Crippen MR) is 101 cm³/mol. The van der Waals surface area contributed by atoms with Crippen LogP contribution in [-0.4, -0.2) is 33.9 Å². The molecule has 0 bridgehead atoms. The fourth-order valence-electron chi connectivity index (χ4n) is 2.90. The third kappa shape index (κ3) is 4.62. The Bertz CT molecular complexity index is 865. The van der Waals surface area contributed by atoms with Crippen LogP contribution in [0.1, 0.15) is 64.5 Å². The minimum absolute atomic E-state index is 0.0663. The first-order chi connectivity index (χ1) is 12.6. The van der Waals surface area contributed by atoms with E-state index in [-0.39, 0.29) is 11.5 Å². The molecule has 0 saturated carbocycles. The zero-order valence-electron chi connectivity index (χ0n) is 16.0. The Kier molecular flexibility index (Phi) is 6.17. The summed E-state index contributed by atoms with van der Waals surface area (Å²) in [7, 11) is 0. The highest BCUT2D eigenvalue weighted by Gasteiger charge is 2.24. The monoisotopic (exact) mass is 372 g/mol. The summed E-state index contributed by atoms with van der Waals surface area (Å²) in [6.45, 7) is 8.02. The number of H-pyrrole nitrogens is 1. The van der Waals surface area contributed by atoms with E-state index < -0.39 is 24.1 Å². The fourth-order valence-corrected chi connectivity index (χ4v) is 2.90. The second-order valence-electron chi connectivity index (χ2n) is 6.51. The first-order valence-corrected chi connectivity index (χ1v) is 8.61. The molecule has 7 heteroatoms. The summed E-state index contributed by atoms with van der Waals surface area (Å²) in [5.41, 5.74) is 3.17. The molecule has 2 rings (SSSR count). The van der Waals surface area contributed by atoms with Crippen molar-refractivity contribution in [2.24, 2.45) is 0 Å². The molecule has 1 aromatic heterocycles. The molecule has 1 heterocycles. The van der Waals surface area contributed by atoms with E-state index in [2.05, 4.69) is 10.3 Å². The second kappa shape index (κ2) is 8.18. The van der Waals surface area contributed by atoms with Crippen molar-refractivity contribution in [3.05, 3.63) is 52.3 Å². The number of esters is 1. The quantitative estimate of drug-likeness (QED) is 0.533. The van der Waals surface area contributed by atoms with Crippen molar-refractivity contribution in [3.8, 4) is 0 Å². The van der Waals surface area contributed by atoms with Crippen LogP contribution in [0.5, 0.6) is 0 Å². The number of aromatic nitrogens is 1. The Morgan fingerprint density at radius 2 is 1.70 bits per heavy atom. The predicted octanol–water partition coefficient (Wildman–Crippen LogP) is 3.07. The number of aliphatic hydroxyl groups is 1. The molecule has 2 aromatic rings. The molecule has 0 radical (unpaired) electrons. The van der Waals surface area contributed by atoms with E-state index in [0.29, 0.717) is 28.1 Å². The Morgan fingerprint density at radius 1 is 1.11 bits per heavy atom. The first kappa shape index (κ1) is 20.4. The number of benzene rings is 1. The highest BCUT2D eigenvalue weighted by Crippen LogP contribution is 2.25. The number of rotatable bonds is 6. The van der Waals surface area contributed by atoms with Gasteiger partial charge in [0.2, 0.25) is 0 Å². The highest BCUT2D eigenvalue weighted by atomic mass is 16.5. The minimum atomic E-state index is -1.03. The average molecular weight is 372 g/mol. The first-order valence-electron chi connectivity index (χ1n) is 8.61. The van der Waals surface area contributed by atoms with Crippen LogP contribution < -0.4 is 5.32 Å². The number of hydrogen-bond acceptors (Lipinski definition) is 5. The lowest BCUT2D eigenvalue weighted by Gasteiger charge is -2.14. The van der Waals surface area contributed by atoms with E-state index in [1.807, 2.05) is 0 Å². The molecular weight excluding hydrogens is 348 g/mol. The lowest BCUT2D eigenvalue weighted by Crippen LogP contribution is -2.30. The number of ketones is 1. The third-order valence-electron chi connectivity index (χ3n) is 4.33. The van der Waals surface area contributed by atoms with Gasteiger partial charge >= 0.3 is 5.97 Å². The summed E-state index contributed by atoms with van der Waals surface area (Å²) >= 11 is 0. The summed E-state index contributed by atoms with van der Waals surface area (Å²) in [5.74, 6) is -1.23. The summed E-state index contributed by atoms with van der Waals surface area (Å²) in [6, 6.07) is 6.43. The maximum atomic E-state index is 12.4. The van der Waals surface area contributed by atoms with Gasteiger partial charge in [-0.05, 0) is 64.4 Å². The number of carbonyl (C=O) groups excluding carboxylic acids is 3. The van der Waals surface area contributed by atoms with E-state index >= 15 is 0 Å². The third-order valence-corrected chi connectivity index (χ3v) is 4.33. The van der Waals surface area contributed by atoms with E-state index in [9.17, 15) is 19.5 Å². The second-order valence-corrected chi connectivity index (χ2v) is 6.51. The van der Waals surface area contributed by atoms with Crippen molar-refractivity contribution in [1.29, 1.82) is 0 Å². The van der Waals surface area contributed by atoms with Gasteiger partial charge in [-0.15, -0.1) is 0 Å². The SMILES string of the molecule is CC(=O)c1ccc(NC(=O)[C@@H](C)OC(=O)c2[nH]c(C)c([C@H](C)O)c2C)cc1. The molecule has 1 amide bonds. The fraction of sp³-hybridized carbons (Fsp3) is 0.350. The number of anilines is 1. The summed E-state index contributed by atoms with van der Waals surface area (Å²) in [5, 5.41) is 12.4. The van der Waals surface area contributed by atoms with Crippen LogP contribution in [0.25, 0.3) is 0 Å². The van der Waals surface area contributed by atoms with Gasteiger partial charge in [0.1, 0.15) is 5.69 Å². The van der Waals surface area contributed by atoms with Gasteiger partial charge in [0.15, 0.2) is 11.9 Å². The number of aryl methyl sites for hydroxylation is 1. The van der Waals surface area contributed by atoms with Gasteiger partial charge < -0.3 is 20.1 Å². The van der Waals surface area contributed by atoms with Crippen molar-refractivity contribution < 1.29 is 24.2 Å². The van der Waals surface area contributed by atoms with Crippen molar-refractivity contribution >= 4 is 23.3 Å². The Balaban J connectivity index is 2.04. The Hall–Kier alpha value is -2.93.